The second-order valence-electron chi connectivity index (χ2n) is 10.7. The maximum atomic E-state index is 12.6. The molecule has 42 heavy (non-hydrogen) atoms. The van der Waals surface area contributed by atoms with Crippen molar-refractivity contribution in [2.75, 3.05) is 0 Å². The van der Waals surface area contributed by atoms with E-state index in [1.165, 1.54) is 70.6 Å². The Morgan fingerprint density at radius 3 is 1.71 bits per heavy atom. The molecule has 0 atom stereocenters. The molecule has 3 aromatic rings. The lowest BCUT2D eigenvalue weighted by Crippen LogP contribution is -2.10. The van der Waals surface area contributed by atoms with Gasteiger partial charge < -0.3 is 9.47 Å². The van der Waals surface area contributed by atoms with E-state index < -0.39 is 5.97 Å². The van der Waals surface area contributed by atoms with Crippen LogP contribution in [0.15, 0.2) is 77.8 Å². The first-order chi connectivity index (χ1) is 20.5. The molecular weight excluding hydrogens is 546 g/mol. The Morgan fingerprint density at radius 2 is 1.14 bits per heavy atom. The van der Waals surface area contributed by atoms with Crippen LogP contribution in [-0.4, -0.2) is 18.2 Å². The molecule has 0 aliphatic carbocycles. The predicted octanol–water partition coefficient (Wildman–Crippen LogP) is 10.7. The molecule has 0 radical (unpaired) electrons. The molecule has 3 rings (SSSR count). The van der Waals surface area contributed by atoms with Crippen LogP contribution in [0.3, 0.4) is 0 Å². The lowest BCUT2D eigenvalue weighted by atomic mass is 10.0. The molecule has 6 heteroatoms. The Bertz CT molecular complexity index is 1220. The first kappa shape index (κ1) is 33.1. The van der Waals surface area contributed by atoms with Crippen LogP contribution in [0.25, 0.3) is 0 Å². The van der Waals surface area contributed by atoms with E-state index in [9.17, 15) is 9.59 Å². The van der Waals surface area contributed by atoms with Gasteiger partial charge in [-0.15, -0.1) is 0 Å². The van der Waals surface area contributed by atoms with Gasteiger partial charge in [0.05, 0.1) is 11.3 Å². The zero-order valence-corrected chi connectivity index (χ0v) is 25.6. The Hall–Kier alpha value is -3.44. The third kappa shape index (κ3) is 13.5. The van der Waals surface area contributed by atoms with Crippen molar-refractivity contribution >= 4 is 35.4 Å². The highest BCUT2D eigenvalue weighted by atomic mass is 35.5. The summed E-state index contributed by atoms with van der Waals surface area (Å²) in [5.74, 6) is 0.128. The number of carbonyl (C=O) groups excluding carboxylic acids is 2. The molecule has 0 aliphatic heterocycles. The molecule has 224 valence electrons. The van der Waals surface area contributed by atoms with Crippen LogP contribution in [0.5, 0.6) is 11.5 Å². The summed E-state index contributed by atoms with van der Waals surface area (Å²) in [4.78, 5) is 29.2. The lowest BCUT2D eigenvalue weighted by Gasteiger charge is -2.07. The quantitative estimate of drug-likeness (QED) is 0.0603. The summed E-state index contributed by atoms with van der Waals surface area (Å²) in [5, 5.41) is 0.663. The van der Waals surface area contributed by atoms with Crippen LogP contribution in [0.1, 0.15) is 113 Å². The Labute approximate surface area is 256 Å². The Kier molecular flexibility index (Phi) is 15.5. The first-order valence-corrected chi connectivity index (χ1v) is 15.8. The molecule has 0 saturated carbocycles. The van der Waals surface area contributed by atoms with Crippen LogP contribution < -0.4 is 9.47 Å². The molecule has 0 unspecified atom stereocenters. The largest absolute Gasteiger partial charge is 0.427 e. The number of ether oxygens (including phenoxy) is 2. The highest BCUT2D eigenvalue weighted by Crippen LogP contribution is 2.19. The SMILES string of the molecule is CCCCCCCCCCCCCCCC(=O)Oc1ccc(C(=O)Oc2ccc(C=Nc3ccc(Cl)cc3)cc2)cc1. The smallest absolute Gasteiger partial charge is 0.343 e. The van der Waals surface area contributed by atoms with Crippen LogP contribution in [-0.2, 0) is 4.79 Å². The van der Waals surface area contributed by atoms with Crippen LogP contribution in [0.2, 0.25) is 5.02 Å². The number of halogens is 1. The van der Waals surface area contributed by atoms with Gasteiger partial charge in [-0.25, -0.2) is 4.79 Å². The third-order valence-electron chi connectivity index (χ3n) is 7.09. The minimum Gasteiger partial charge on any atom is -0.427 e. The van der Waals surface area contributed by atoms with Crippen LogP contribution in [0, 0.1) is 0 Å². The summed E-state index contributed by atoms with van der Waals surface area (Å²) in [6.07, 6.45) is 18.6. The topological polar surface area (TPSA) is 65.0 Å². The van der Waals surface area contributed by atoms with Crippen LogP contribution >= 0.6 is 11.6 Å². The summed E-state index contributed by atoms with van der Waals surface area (Å²) in [7, 11) is 0. The number of unbranched alkanes of at least 4 members (excludes halogenated alkanes) is 12. The van der Waals surface area contributed by atoms with E-state index in [1.807, 2.05) is 24.3 Å². The van der Waals surface area contributed by atoms with Crippen molar-refractivity contribution in [1.29, 1.82) is 0 Å². The molecule has 0 heterocycles. The highest BCUT2D eigenvalue weighted by Gasteiger charge is 2.10. The molecular formula is C36H44ClNO4. The van der Waals surface area contributed by atoms with Gasteiger partial charge in [-0.1, -0.05) is 95.6 Å². The van der Waals surface area contributed by atoms with Crippen molar-refractivity contribution < 1.29 is 19.1 Å². The summed E-state index contributed by atoms with van der Waals surface area (Å²) in [6, 6.07) is 20.8. The summed E-state index contributed by atoms with van der Waals surface area (Å²) < 4.78 is 10.9. The molecule has 3 aromatic carbocycles. The van der Waals surface area contributed by atoms with E-state index in [-0.39, 0.29) is 5.97 Å². The van der Waals surface area contributed by atoms with Gasteiger partial charge in [-0.2, -0.15) is 0 Å². The van der Waals surface area contributed by atoms with Gasteiger partial charge in [-0.3, -0.25) is 9.79 Å². The summed E-state index contributed by atoms with van der Waals surface area (Å²) in [5.41, 5.74) is 2.04. The van der Waals surface area contributed by atoms with Gasteiger partial charge in [0.2, 0.25) is 0 Å². The maximum absolute atomic E-state index is 12.6. The van der Waals surface area contributed by atoms with E-state index in [4.69, 9.17) is 21.1 Å². The minimum atomic E-state index is -0.484. The van der Waals surface area contributed by atoms with E-state index >= 15 is 0 Å². The minimum absolute atomic E-state index is 0.243. The molecule has 0 bridgehead atoms. The molecule has 0 aromatic heterocycles. The predicted molar refractivity (Wildman–Crippen MR) is 172 cm³/mol. The molecule has 0 saturated heterocycles. The number of hydrogen-bond acceptors (Lipinski definition) is 5. The van der Waals surface area contributed by atoms with Crippen molar-refractivity contribution in [3.8, 4) is 11.5 Å². The molecule has 0 N–H and O–H groups in total. The highest BCUT2D eigenvalue weighted by molar-refractivity contribution is 6.30. The van der Waals surface area contributed by atoms with Crippen molar-refractivity contribution in [3.05, 3.63) is 88.9 Å². The average molecular weight is 590 g/mol. The monoisotopic (exact) mass is 589 g/mol. The lowest BCUT2D eigenvalue weighted by molar-refractivity contribution is -0.134. The van der Waals surface area contributed by atoms with Gasteiger partial charge in [-0.05, 0) is 84.8 Å². The van der Waals surface area contributed by atoms with Gasteiger partial charge in [0.25, 0.3) is 0 Å². The van der Waals surface area contributed by atoms with Gasteiger partial charge in [0, 0.05) is 17.7 Å². The fourth-order valence-electron chi connectivity index (χ4n) is 4.59. The number of hydrogen-bond donors (Lipinski definition) is 0. The van der Waals surface area contributed by atoms with Crippen molar-refractivity contribution in [2.24, 2.45) is 4.99 Å². The Morgan fingerprint density at radius 1 is 0.643 bits per heavy atom. The number of rotatable bonds is 19. The molecule has 0 fully saturated rings. The third-order valence-corrected chi connectivity index (χ3v) is 7.34. The molecule has 5 nitrogen and oxygen atoms in total. The molecule has 0 aliphatic rings. The number of esters is 2. The van der Waals surface area contributed by atoms with Crippen molar-refractivity contribution in [1.82, 2.24) is 0 Å². The van der Waals surface area contributed by atoms with E-state index in [2.05, 4.69) is 11.9 Å². The summed E-state index contributed by atoms with van der Waals surface area (Å²) >= 11 is 5.90. The fraction of sp³-hybridized carbons (Fsp3) is 0.417. The fourth-order valence-corrected chi connectivity index (χ4v) is 4.72. The second-order valence-corrected chi connectivity index (χ2v) is 11.1. The Balaban J connectivity index is 1.28. The standard InChI is InChI=1S/C36H44ClNO4/c1-2-3-4-5-6-7-8-9-10-11-12-13-14-15-35(39)41-33-26-18-30(19-27-33)36(40)42-34-24-16-29(17-25-34)28-38-32-22-20-31(37)21-23-32/h16-28H,2-15H2,1H3. The second kappa shape index (κ2) is 19.6. The van der Waals surface area contributed by atoms with Crippen molar-refractivity contribution in [3.63, 3.8) is 0 Å². The molecule has 0 amide bonds. The van der Waals surface area contributed by atoms with Gasteiger partial charge >= 0.3 is 11.9 Å². The van der Waals surface area contributed by atoms with Gasteiger partial charge in [0.1, 0.15) is 11.5 Å². The number of nitrogens with zero attached hydrogens (tertiary/aromatic N) is 1. The van der Waals surface area contributed by atoms with E-state index in [0.29, 0.717) is 28.5 Å². The number of aliphatic imine (C=N–C) groups is 1. The van der Waals surface area contributed by atoms with Crippen molar-refractivity contribution in [2.45, 2.75) is 96.8 Å². The van der Waals surface area contributed by atoms with Gasteiger partial charge in [0.15, 0.2) is 0 Å². The zero-order chi connectivity index (χ0) is 29.8. The van der Waals surface area contributed by atoms with E-state index in [0.717, 1.165) is 24.1 Å². The maximum Gasteiger partial charge on any atom is 0.343 e. The normalized spacial score (nSPS) is 11.1. The summed E-state index contributed by atoms with van der Waals surface area (Å²) in [6.45, 7) is 2.26. The number of benzene rings is 3. The van der Waals surface area contributed by atoms with Crippen LogP contribution in [0.4, 0.5) is 5.69 Å². The molecule has 0 spiro atoms. The zero-order valence-electron chi connectivity index (χ0n) is 24.9. The van der Waals surface area contributed by atoms with E-state index in [1.54, 1.807) is 54.7 Å². The number of carbonyl (C=O) groups is 2. The average Bonchev–Trinajstić information content (AvgIpc) is 3.00. The first-order valence-electron chi connectivity index (χ1n) is 15.5.